The zero-order valence-electron chi connectivity index (χ0n) is 6.16. The van der Waals surface area contributed by atoms with Gasteiger partial charge in [0.2, 0.25) is 0 Å². The Morgan fingerprint density at radius 2 is 2.18 bits per heavy atom. The van der Waals surface area contributed by atoms with Crippen LogP contribution >= 0.6 is 0 Å². The third kappa shape index (κ3) is 1.17. The molecule has 2 nitrogen and oxygen atoms in total. The summed E-state index contributed by atoms with van der Waals surface area (Å²) >= 11 is 0.408. The summed E-state index contributed by atoms with van der Waals surface area (Å²) in [5, 5.41) is 3.09. The molecule has 0 aliphatic carbocycles. The molecule has 1 aromatic carbocycles. The molecule has 1 heterocycles. The van der Waals surface area contributed by atoms with Crippen LogP contribution in [0.1, 0.15) is 0 Å². The minimum atomic E-state index is 0.408. The van der Waals surface area contributed by atoms with E-state index in [0.717, 1.165) is 10.2 Å². The van der Waals surface area contributed by atoms with Crippen LogP contribution in [0.4, 0.5) is 4.69 Å². The van der Waals surface area contributed by atoms with E-state index in [0.29, 0.717) is 14.5 Å². The van der Waals surface area contributed by atoms with Gasteiger partial charge in [-0.3, -0.25) is 0 Å². The molecule has 0 saturated heterocycles. The second-order valence-electron chi connectivity index (χ2n) is 2.24. The van der Waals surface area contributed by atoms with E-state index in [9.17, 15) is 0 Å². The molecule has 1 N–H and O–H groups in total. The van der Waals surface area contributed by atoms with Crippen molar-refractivity contribution in [3.63, 3.8) is 0 Å². The van der Waals surface area contributed by atoms with Crippen molar-refractivity contribution >= 4 is 29.0 Å². The van der Waals surface area contributed by atoms with Crippen molar-refractivity contribution in [2.45, 2.75) is 0 Å². The van der Waals surface area contributed by atoms with Crippen molar-refractivity contribution in [2.75, 3.05) is 12.4 Å². The first-order valence-corrected chi connectivity index (χ1v) is 5.15. The topological polar surface area (TPSA) is 24.9 Å². The molecule has 0 bridgehead atoms. The Bertz CT molecular complexity index is 334. The van der Waals surface area contributed by atoms with Gasteiger partial charge in [-0.15, -0.1) is 0 Å². The fourth-order valence-electron chi connectivity index (χ4n) is 0.979. The molecule has 3 heteroatoms. The van der Waals surface area contributed by atoms with Crippen LogP contribution in [0.2, 0.25) is 0 Å². The summed E-state index contributed by atoms with van der Waals surface area (Å²) in [6, 6.07) is 8.29. The molecule has 11 heavy (non-hydrogen) atoms. The number of fused-ring (bicyclic) bond motifs is 1. The van der Waals surface area contributed by atoms with Gasteiger partial charge in [0.15, 0.2) is 0 Å². The van der Waals surface area contributed by atoms with E-state index in [-0.39, 0.29) is 0 Å². The average Bonchev–Trinajstić information content (AvgIpc) is 2.46. The van der Waals surface area contributed by atoms with Gasteiger partial charge in [-0.2, -0.15) is 0 Å². The summed E-state index contributed by atoms with van der Waals surface area (Å²) < 4.78 is 2.50. The van der Waals surface area contributed by atoms with Crippen LogP contribution in [0.25, 0.3) is 9.78 Å². The number of nitrogens with zero attached hydrogens (tertiary/aromatic N) is 1. The molecular weight excluding hydrogens is 203 g/mol. The van der Waals surface area contributed by atoms with Gasteiger partial charge in [0.05, 0.1) is 0 Å². The van der Waals surface area contributed by atoms with E-state index in [1.807, 2.05) is 13.1 Å². The Hall–Kier alpha value is -0.791. The molecule has 0 amide bonds. The molecule has 0 unspecified atom stereocenters. The molecule has 0 atom stereocenters. The van der Waals surface area contributed by atoms with Crippen LogP contribution in [0.5, 0.6) is 0 Å². The first kappa shape index (κ1) is 6.89. The van der Waals surface area contributed by atoms with Gasteiger partial charge in [0.25, 0.3) is 0 Å². The zero-order valence-corrected chi connectivity index (χ0v) is 7.88. The van der Waals surface area contributed by atoms with Crippen molar-refractivity contribution in [2.24, 2.45) is 0 Å². The number of benzene rings is 1. The molecule has 0 saturated carbocycles. The van der Waals surface area contributed by atoms with Crippen LogP contribution < -0.4 is 5.32 Å². The minimum absolute atomic E-state index is 0.408. The Kier molecular flexibility index (Phi) is 1.68. The third-order valence-electron chi connectivity index (χ3n) is 1.51. The van der Waals surface area contributed by atoms with Gasteiger partial charge < -0.3 is 0 Å². The van der Waals surface area contributed by atoms with Crippen LogP contribution in [0.3, 0.4) is 0 Å². The summed E-state index contributed by atoms with van der Waals surface area (Å²) in [5.74, 6) is 0. The third-order valence-corrected chi connectivity index (χ3v) is 3.72. The average molecular weight is 211 g/mol. The maximum absolute atomic E-state index is 4.40. The molecule has 0 aliphatic rings. The molecule has 0 aliphatic heterocycles. The SMILES string of the molecule is CNc1nc2ccccc2[se]1. The number of anilines is 1. The number of nitrogens with one attached hydrogen (secondary N) is 1. The Balaban J connectivity index is 2.69. The van der Waals surface area contributed by atoms with Gasteiger partial charge in [-0.25, -0.2) is 0 Å². The maximum atomic E-state index is 4.40. The molecule has 2 rings (SSSR count). The van der Waals surface area contributed by atoms with E-state index in [2.05, 4.69) is 28.5 Å². The summed E-state index contributed by atoms with van der Waals surface area (Å²) in [6.45, 7) is 0. The van der Waals surface area contributed by atoms with Crippen molar-refractivity contribution in [1.29, 1.82) is 0 Å². The molecule has 56 valence electrons. The van der Waals surface area contributed by atoms with Crippen molar-refractivity contribution in [1.82, 2.24) is 4.98 Å². The summed E-state index contributed by atoms with van der Waals surface area (Å²) in [6.07, 6.45) is 0. The van der Waals surface area contributed by atoms with Gasteiger partial charge in [-0.05, 0) is 0 Å². The second-order valence-corrected chi connectivity index (χ2v) is 4.40. The molecule has 0 radical (unpaired) electrons. The monoisotopic (exact) mass is 212 g/mol. The van der Waals surface area contributed by atoms with Crippen LogP contribution in [-0.4, -0.2) is 26.5 Å². The first-order valence-electron chi connectivity index (χ1n) is 3.43. The number of hydrogen-bond acceptors (Lipinski definition) is 2. The summed E-state index contributed by atoms with van der Waals surface area (Å²) in [7, 11) is 1.92. The van der Waals surface area contributed by atoms with Crippen LogP contribution in [-0.2, 0) is 0 Å². The standard InChI is InChI=1S/C8H8N2Se/c1-9-8-10-6-4-2-3-5-7(6)11-8/h2-5H,1H3,(H,9,10). The molecular formula is C8H8N2Se. The molecule has 0 fully saturated rings. The van der Waals surface area contributed by atoms with E-state index in [1.54, 1.807) is 0 Å². The Morgan fingerprint density at radius 1 is 1.36 bits per heavy atom. The zero-order chi connectivity index (χ0) is 7.68. The fraction of sp³-hybridized carbons (Fsp3) is 0.125. The Morgan fingerprint density at radius 3 is 2.91 bits per heavy atom. The number of aromatic nitrogens is 1. The van der Waals surface area contributed by atoms with Crippen molar-refractivity contribution in [3.8, 4) is 0 Å². The second kappa shape index (κ2) is 2.68. The predicted octanol–water partition coefficient (Wildman–Crippen LogP) is 1.33. The van der Waals surface area contributed by atoms with Gasteiger partial charge >= 0.3 is 70.6 Å². The van der Waals surface area contributed by atoms with Crippen LogP contribution in [0.15, 0.2) is 24.3 Å². The number of hydrogen-bond donors (Lipinski definition) is 1. The van der Waals surface area contributed by atoms with E-state index in [4.69, 9.17) is 0 Å². The first-order chi connectivity index (χ1) is 5.40. The Labute approximate surface area is 71.0 Å². The summed E-state index contributed by atoms with van der Waals surface area (Å²) in [5.41, 5.74) is 1.14. The van der Waals surface area contributed by atoms with E-state index >= 15 is 0 Å². The van der Waals surface area contributed by atoms with Gasteiger partial charge in [0, 0.05) is 0 Å². The fourth-order valence-corrected chi connectivity index (χ4v) is 2.70. The van der Waals surface area contributed by atoms with Crippen LogP contribution in [0, 0.1) is 0 Å². The predicted molar refractivity (Wildman–Crippen MR) is 48.2 cm³/mol. The quantitative estimate of drug-likeness (QED) is 0.720. The molecule has 0 spiro atoms. The normalized spacial score (nSPS) is 10.3. The van der Waals surface area contributed by atoms with E-state index in [1.165, 1.54) is 4.26 Å². The van der Waals surface area contributed by atoms with Crippen molar-refractivity contribution in [3.05, 3.63) is 24.3 Å². The number of para-hydroxylation sites is 1. The molecule has 1 aromatic heterocycles. The van der Waals surface area contributed by atoms with Gasteiger partial charge in [-0.1, -0.05) is 0 Å². The van der Waals surface area contributed by atoms with E-state index < -0.39 is 0 Å². The molecule has 2 aromatic rings. The van der Waals surface area contributed by atoms with Gasteiger partial charge in [0.1, 0.15) is 0 Å². The summed E-state index contributed by atoms with van der Waals surface area (Å²) in [4.78, 5) is 4.40. The van der Waals surface area contributed by atoms with Crippen molar-refractivity contribution < 1.29 is 0 Å². The number of rotatable bonds is 1.